The fraction of sp³-hybridized carbons (Fsp3) is 1.00. The second-order valence-corrected chi connectivity index (χ2v) is 15.0. The van der Waals surface area contributed by atoms with Crippen LogP contribution in [0.3, 0.4) is 0 Å². The molecule has 0 aromatic rings. The van der Waals surface area contributed by atoms with E-state index in [1.165, 1.54) is 0 Å². The maximum absolute atomic E-state index is 10.0. The van der Waals surface area contributed by atoms with Gasteiger partial charge < -0.3 is 14.7 Å². The molecular formula is C18H43BO3S2. The Morgan fingerprint density at radius 3 is 0.958 bits per heavy atom. The van der Waals surface area contributed by atoms with Gasteiger partial charge in [0.1, 0.15) is 9.49 Å². The van der Waals surface area contributed by atoms with Crippen molar-refractivity contribution in [2.75, 3.05) is 25.0 Å². The first kappa shape index (κ1) is 29.4. The van der Waals surface area contributed by atoms with Crippen molar-refractivity contribution < 1.29 is 14.7 Å². The van der Waals surface area contributed by atoms with Gasteiger partial charge >= 0.3 is 0 Å². The first-order valence-electron chi connectivity index (χ1n) is 8.35. The molecule has 3 nitrogen and oxygen atoms in total. The summed E-state index contributed by atoms with van der Waals surface area (Å²) in [6.45, 7) is 21.1. The predicted molar refractivity (Wildman–Crippen MR) is 114 cm³/mol. The van der Waals surface area contributed by atoms with Gasteiger partial charge in [-0.15, -0.1) is 0 Å². The maximum atomic E-state index is 10.0. The molecule has 0 fully saturated rings. The minimum absolute atomic E-state index is 0.132. The Morgan fingerprint density at radius 2 is 0.917 bits per heavy atom. The molecule has 1 atom stereocenters. The summed E-state index contributed by atoms with van der Waals surface area (Å²) in [4.78, 5) is 0. The third-order valence-corrected chi connectivity index (χ3v) is 8.88. The zero-order valence-corrected chi connectivity index (χ0v) is 20.3. The van der Waals surface area contributed by atoms with Gasteiger partial charge in [-0.05, 0) is 75.7 Å². The van der Waals surface area contributed by atoms with Gasteiger partial charge in [0.2, 0.25) is 0 Å². The van der Waals surface area contributed by atoms with Crippen LogP contribution in [-0.2, 0) is 26.4 Å². The summed E-state index contributed by atoms with van der Waals surface area (Å²) in [5.74, 6) is 0. The molecule has 1 unspecified atom stereocenters. The lowest BCUT2D eigenvalue weighted by molar-refractivity contribution is -0.386. The molecule has 148 valence electrons. The number of hydrogen-bond donors (Lipinski definition) is 0. The van der Waals surface area contributed by atoms with E-state index < -0.39 is 7.32 Å². The maximum Gasteiger partial charge on any atom is 0.119 e. The molecular weight excluding hydrogens is 339 g/mol. The zero-order chi connectivity index (χ0) is 20.5. The largest absolute Gasteiger partial charge is 0.871 e. The molecule has 0 bridgehead atoms. The Morgan fingerprint density at radius 1 is 0.708 bits per heavy atom. The summed E-state index contributed by atoms with van der Waals surface area (Å²) in [6.07, 6.45) is 8.83. The van der Waals surface area contributed by atoms with E-state index in [9.17, 15) is 10.0 Å². The summed E-state index contributed by atoms with van der Waals surface area (Å²) in [7, 11) is -1.02. The molecule has 6 heteroatoms. The smallest absolute Gasteiger partial charge is 0.119 e. The van der Waals surface area contributed by atoms with Gasteiger partial charge in [-0.25, -0.2) is 0 Å². The lowest BCUT2D eigenvalue weighted by atomic mass is 9.89. The summed E-state index contributed by atoms with van der Waals surface area (Å²) >= 11 is 0. The molecule has 0 spiro atoms. The highest BCUT2D eigenvalue weighted by Gasteiger charge is 2.24. The van der Waals surface area contributed by atoms with Crippen LogP contribution >= 0.6 is 0 Å². The molecule has 0 radical (unpaired) electrons. The highest BCUT2D eigenvalue weighted by molar-refractivity contribution is 7.97. The van der Waals surface area contributed by atoms with Crippen molar-refractivity contribution in [1.29, 1.82) is 0 Å². The van der Waals surface area contributed by atoms with Crippen molar-refractivity contribution in [3.8, 4) is 0 Å². The molecule has 0 saturated heterocycles. The standard InChI is InChI=1S/C6H13BO3.2C6H15S/c1-5(6(2,3)4)10-7(8)9;2*1-6(2,3)7(4)5/h5H,1-4H3;2*1-5H3/q-2;2*+1. The van der Waals surface area contributed by atoms with Crippen LogP contribution in [0.15, 0.2) is 0 Å². The molecule has 0 heterocycles. The Balaban J connectivity index is -0.000000283. The van der Waals surface area contributed by atoms with E-state index in [1.54, 1.807) is 6.92 Å². The second-order valence-electron chi connectivity index (χ2n) is 9.29. The number of rotatable bonds is 2. The molecule has 0 aromatic carbocycles. The highest BCUT2D eigenvalue weighted by Crippen LogP contribution is 2.20. The molecule has 0 saturated carbocycles. The Labute approximate surface area is 159 Å². The fourth-order valence-corrected chi connectivity index (χ4v) is 0.371. The van der Waals surface area contributed by atoms with Crippen LogP contribution in [0, 0.1) is 5.41 Å². The molecule has 0 aliphatic rings. The molecule has 24 heavy (non-hydrogen) atoms. The summed E-state index contributed by atoms with van der Waals surface area (Å²) in [5, 5.41) is 20.0. The van der Waals surface area contributed by atoms with E-state index in [1.807, 2.05) is 20.8 Å². The van der Waals surface area contributed by atoms with Crippen LogP contribution < -0.4 is 10.0 Å². The fourth-order valence-electron chi connectivity index (χ4n) is 0.371. The molecule has 0 amide bonds. The van der Waals surface area contributed by atoms with Gasteiger partial charge in [0.15, 0.2) is 0 Å². The molecule has 0 N–H and O–H groups in total. The summed E-state index contributed by atoms with van der Waals surface area (Å²) in [6, 6.07) is 0. The van der Waals surface area contributed by atoms with E-state index in [-0.39, 0.29) is 11.5 Å². The first-order valence-corrected chi connectivity index (χ1v) is 12.4. The van der Waals surface area contributed by atoms with Crippen molar-refractivity contribution in [2.24, 2.45) is 5.41 Å². The SMILES string of the molecule is CC(OB([O-])[O-])C(C)(C)C.C[S+](C)C(C)(C)C.C[S+](C)C(C)(C)C. The third kappa shape index (κ3) is 20.7. The van der Waals surface area contributed by atoms with Gasteiger partial charge in [0.05, 0.1) is 32.3 Å². The van der Waals surface area contributed by atoms with Gasteiger partial charge in [0.25, 0.3) is 0 Å². The summed E-state index contributed by atoms with van der Waals surface area (Å²) < 4.78 is 5.56. The zero-order valence-electron chi connectivity index (χ0n) is 18.7. The average Bonchev–Trinajstić information content (AvgIpc) is 2.25. The van der Waals surface area contributed by atoms with Crippen molar-refractivity contribution in [1.82, 2.24) is 0 Å². The average molecular weight is 382 g/mol. The lowest BCUT2D eigenvalue weighted by Gasteiger charge is -2.37. The molecule has 0 aliphatic heterocycles. The summed E-state index contributed by atoms with van der Waals surface area (Å²) in [5.41, 5.74) is -0.132. The van der Waals surface area contributed by atoms with Crippen LogP contribution in [0.1, 0.15) is 69.2 Å². The Kier molecular flexibility index (Phi) is 14.8. The number of hydrogen-bond acceptors (Lipinski definition) is 3. The van der Waals surface area contributed by atoms with E-state index in [0.717, 1.165) is 0 Å². The van der Waals surface area contributed by atoms with E-state index >= 15 is 0 Å². The van der Waals surface area contributed by atoms with E-state index in [4.69, 9.17) is 0 Å². The Hall–Kier alpha value is 0.645. The monoisotopic (exact) mass is 382 g/mol. The van der Waals surface area contributed by atoms with Crippen LogP contribution in [0.25, 0.3) is 0 Å². The van der Waals surface area contributed by atoms with Crippen molar-refractivity contribution in [2.45, 2.75) is 84.8 Å². The quantitative estimate of drug-likeness (QED) is 0.545. The van der Waals surface area contributed by atoms with Crippen LogP contribution in [0.5, 0.6) is 0 Å². The van der Waals surface area contributed by atoms with Gasteiger partial charge in [-0.1, -0.05) is 20.8 Å². The van der Waals surface area contributed by atoms with E-state index in [0.29, 0.717) is 31.3 Å². The first-order chi connectivity index (χ1) is 10.2. The normalized spacial score (nSPS) is 13.8. The molecule has 0 rings (SSSR count). The third-order valence-electron chi connectivity index (χ3n) is 3.98. The minimum Gasteiger partial charge on any atom is -0.871 e. The van der Waals surface area contributed by atoms with Crippen molar-refractivity contribution in [3.63, 3.8) is 0 Å². The van der Waals surface area contributed by atoms with Crippen molar-refractivity contribution in [3.05, 3.63) is 0 Å². The molecule has 0 aliphatic carbocycles. The molecule has 0 aromatic heterocycles. The van der Waals surface area contributed by atoms with Gasteiger partial charge in [-0.2, -0.15) is 0 Å². The van der Waals surface area contributed by atoms with E-state index in [2.05, 4.69) is 71.2 Å². The van der Waals surface area contributed by atoms with Crippen LogP contribution in [0.4, 0.5) is 0 Å². The Bertz CT molecular complexity index is 283. The lowest BCUT2D eigenvalue weighted by Crippen LogP contribution is -2.51. The topological polar surface area (TPSA) is 55.3 Å². The highest BCUT2D eigenvalue weighted by atomic mass is 32.2. The second kappa shape index (κ2) is 12.1. The van der Waals surface area contributed by atoms with Crippen LogP contribution in [-0.4, -0.2) is 47.9 Å². The van der Waals surface area contributed by atoms with Crippen molar-refractivity contribution >= 4 is 29.1 Å². The predicted octanol–water partition coefficient (Wildman–Crippen LogP) is 2.47. The van der Waals surface area contributed by atoms with Gasteiger partial charge in [-0.3, -0.25) is 0 Å². The van der Waals surface area contributed by atoms with Gasteiger partial charge in [0, 0.05) is 6.10 Å². The van der Waals surface area contributed by atoms with Crippen LogP contribution in [0.2, 0.25) is 0 Å². The minimum atomic E-state index is -2.16.